The molecular weight excluding hydrogens is 586 g/mol. The zero-order valence-electron chi connectivity index (χ0n) is 23.2. The van der Waals surface area contributed by atoms with E-state index in [1.54, 1.807) is 30.5 Å². The van der Waals surface area contributed by atoms with Crippen molar-refractivity contribution in [2.45, 2.75) is 32.4 Å². The molecule has 2 heterocycles. The fourth-order valence-corrected chi connectivity index (χ4v) is 6.50. The number of hydrogen-bond acceptors (Lipinski definition) is 9. The van der Waals surface area contributed by atoms with Crippen LogP contribution in [0.4, 0.5) is 11.4 Å². The van der Waals surface area contributed by atoms with Crippen LogP contribution >= 0.6 is 11.6 Å². The van der Waals surface area contributed by atoms with Gasteiger partial charge in [-0.1, -0.05) is 30.7 Å². The number of nitro benzene ring substituents is 1. The predicted molar refractivity (Wildman–Crippen MR) is 157 cm³/mol. The topological polar surface area (TPSA) is 145 Å². The summed E-state index contributed by atoms with van der Waals surface area (Å²) in [7, 11) is -3.83. The Morgan fingerprint density at radius 1 is 1.14 bits per heavy atom. The molecule has 5 rings (SSSR count). The number of halogens is 1. The standard InChI is InChI=1S/C28H30ClN5O7S/c1-19(35)23-7-6-20(14-24(23)34(37)38)17-42(39,40)32-12-10-31(11-13-32)25-16-30-33(22-5-3-4-21(29)15-22)27(36)26(25)41-18-28(2)8-9-28/h3-7,14-16H,8-13,17-18H2,1-2H3. The van der Waals surface area contributed by atoms with Crippen molar-refractivity contribution >= 4 is 38.8 Å². The average Bonchev–Trinajstić information content (AvgIpc) is 3.69. The maximum absolute atomic E-state index is 13.6. The highest BCUT2D eigenvalue weighted by molar-refractivity contribution is 7.88. The highest BCUT2D eigenvalue weighted by Crippen LogP contribution is 2.45. The molecule has 222 valence electrons. The van der Waals surface area contributed by atoms with Gasteiger partial charge in [-0.2, -0.15) is 14.1 Å². The normalized spacial score (nSPS) is 16.7. The number of piperazine rings is 1. The SMILES string of the molecule is CC(=O)c1ccc(CS(=O)(=O)N2CCN(c3cnn(-c4cccc(Cl)c4)c(=O)c3OCC3(C)CC3)CC2)cc1[N+](=O)[O-]. The van der Waals surface area contributed by atoms with E-state index in [0.29, 0.717) is 23.0 Å². The van der Waals surface area contributed by atoms with Gasteiger partial charge in [0.05, 0.1) is 34.7 Å². The van der Waals surface area contributed by atoms with Crippen LogP contribution in [0.25, 0.3) is 5.69 Å². The van der Waals surface area contributed by atoms with Gasteiger partial charge in [-0.25, -0.2) is 8.42 Å². The third-order valence-electron chi connectivity index (χ3n) is 7.60. The summed E-state index contributed by atoms with van der Waals surface area (Å²) in [5, 5.41) is 16.3. The molecule has 1 saturated carbocycles. The van der Waals surface area contributed by atoms with Crippen molar-refractivity contribution in [3.05, 3.63) is 85.3 Å². The van der Waals surface area contributed by atoms with E-state index in [0.717, 1.165) is 18.9 Å². The molecule has 1 saturated heterocycles. The number of nitrogens with zero attached hydrogens (tertiary/aromatic N) is 5. The number of Topliss-reactive ketones (excluding diaryl/α,β-unsaturated/α-hetero) is 1. The van der Waals surface area contributed by atoms with E-state index in [1.165, 1.54) is 28.0 Å². The molecule has 3 aromatic rings. The van der Waals surface area contributed by atoms with Crippen molar-refractivity contribution in [2.75, 3.05) is 37.7 Å². The Morgan fingerprint density at radius 3 is 2.48 bits per heavy atom. The van der Waals surface area contributed by atoms with Crippen molar-refractivity contribution < 1.29 is 22.9 Å². The summed E-state index contributed by atoms with van der Waals surface area (Å²) in [4.78, 5) is 37.9. The van der Waals surface area contributed by atoms with Crippen molar-refractivity contribution in [3.8, 4) is 11.4 Å². The minimum Gasteiger partial charge on any atom is -0.486 e. The summed E-state index contributed by atoms with van der Waals surface area (Å²) in [5.74, 6) is -0.778. The van der Waals surface area contributed by atoms with Crippen molar-refractivity contribution in [3.63, 3.8) is 0 Å². The first-order valence-corrected chi connectivity index (χ1v) is 15.4. The number of sulfonamides is 1. The van der Waals surface area contributed by atoms with Crippen LogP contribution in [-0.4, -0.2) is 66.0 Å². The lowest BCUT2D eigenvalue weighted by molar-refractivity contribution is -0.385. The number of carbonyl (C=O) groups is 1. The molecular formula is C28H30ClN5O7S. The van der Waals surface area contributed by atoms with Crippen LogP contribution in [0.2, 0.25) is 5.02 Å². The number of rotatable bonds is 10. The smallest absolute Gasteiger partial charge is 0.316 e. The summed E-state index contributed by atoms with van der Waals surface area (Å²) >= 11 is 6.13. The van der Waals surface area contributed by atoms with Crippen molar-refractivity contribution in [2.24, 2.45) is 5.41 Å². The number of hydrogen-bond donors (Lipinski definition) is 0. The molecule has 0 bridgehead atoms. The maximum atomic E-state index is 13.6. The van der Waals surface area contributed by atoms with Crippen LogP contribution in [0.5, 0.6) is 5.75 Å². The molecule has 1 aromatic heterocycles. The first-order chi connectivity index (χ1) is 19.9. The molecule has 2 aliphatic rings. The van der Waals surface area contributed by atoms with E-state index in [-0.39, 0.29) is 48.5 Å². The van der Waals surface area contributed by atoms with Crippen LogP contribution in [0, 0.1) is 15.5 Å². The zero-order valence-corrected chi connectivity index (χ0v) is 24.7. The molecule has 2 fully saturated rings. The molecule has 42 heavy (non-hydrogen) atoms. The van der Waals surface area contributed by atoms with E-state index < -0.39 is 37.7 Å². The molecule has 2 aromatic carbocycles. The van der Waals surface area contributed by atoms with E-state index in [9.17, 15) is 28.1 Å². The summed E-state index contributed by atoms with van der Waals surface area (Å²) in [6.07, 6.45) is 3.56. The predicted octanol–water partition coefficient (Wildman–Crippen LogP) is 3.83. The van der Waals surface area contributed by atoms with Crippen molar-refractivity contribution in [1.82, 2.24) is 14.1 Å². The van der Waals surface area contributed by atoms with Gasteiger partial charge in [0.25, 0.3) is 5.69 Å². The molecule has 0 N–H and O–H groups in total. The molecule has 0 atom stereocenters. The first kappa shape index (κ1) is 29.7. The zero-order chi connectivity index (χ0) is 30.2. The number of aromatic nitrogens is 2. The van der Waals surface area contributed by atoms with Crippen LogP contribution in [-0.2, 0) is 15.8 Å². The van der Waals surface area contributed by atoms with E-state index >= 15 is 0 Å². The lowest BCUT2D eigenvalue weighted by atomic mass is 10.1. The number of ether oxygens (including phenoxy) is 1. The van der Waals surface area contributed by atoms with Gasteiger partial charge in [-0.3, -0.25) is 19.7 Å². The molecule has 1 aliphatic heterocycles. The molecule has 14 heteroatoms. The van der Waals surface area contributed by atoms with Crippen LogP contribution < -0.4 is 15.2 Å². The van der Waals surface area contributed by atoms with Crippen LogP contribution in [0.15, 0.2) is 53.5 Å². The molecule has 0 spiro atoms. The first-order valence-electron chi connectivity index (χ1n) is 13.4. The average molecular weight is 616 g/mol. The van der Waals surface area contributed by atoms with Gasteiger partial charge >= 0.3 is 5.56 Å². The van der Waals surface area contributed by atoms with Gasteiger partial charge in [0.2, 0.25) is 15.8 Å². The Bertz CT molecular complexity index is 1710. The maximum Gasteiger partial charge on any atom is 0.316 e. The van der Waals surface area contributed by atoms with E-state index in [2.05, 4.69) is 12.0 Å². The number of anilines is 1. The van der Waals surface area contributed by atoms with Gasteiger partial charge in [0.15, 0.2) is 5.78 Å². The molecule has 0 unspecified atom stereocenters. The molecule has 1 aliphatic carbocycles. The van der Waals surface area contributed by atoms with Gasteiger partial charge in [0.1, 0.15) is 5.69 Å². The van der Waals surface area contributed by atoms with Crippen LogP contribution in [0.1, 0.15) is 42.6 Å². The lowest BCUT2D eigenvalue weighted by Gasteiger charge is -2.35. The largest absolute Gasteiger partial charge is 0.486 e. The third-order valence-corrected chi connectivity index (χ3v) is 9.68. The highest BCUT2D eigenvalue weighted by atomic mass is 35.5. The highest BCUT2D eigenvalue weighted by Gasteiger charge is 2.39. The summed E-state index contributed by atoms with van der Waals surface area (Å²) < 4.78 is 35.1. The molecule has 0 amide bonds. The lowest BCUT2D eigenvalue weighted by Crippen LogP contribution is -2.49. The second kappa shape index (κ2) is 11.5. The van der Waals surface area contributed by atoms with Crippen LogP contribution in [0.3, 0.4) is 0 Å². The molecule has 12 nitrogen and oxygen atoms in total. The number of carbonyl (C=O) groups excluding carboxylic acids is 1. The second-order valence-electron chi connectivity index (χ2n) is 11.0. The second-order valence-corrected chi connectivity index (χ2v) is 13.4. The number of benzene rings is 2. The Labute approximate surface area is 247 Å². The Morgan fingerprint density at radius 2 is 1.86 bits per heavy atom. The Hall–Kier alpha value is -3.81. The summed E-state index contributed by atoms with van der Waals surface area (Å²) in [5.41, 5.74) is 0.265. The Balaban J connectivity index is 1.35. The minimum absolute atomic E-state index is 0.0122. The summed E-state index contributed by atoms with van der Waals surface area (Å²) in [6, 6.07) is 10.6. The fourth-order valence-electron chi connectivity index (χ4n) is 4.81. The number of nitro groups is 1. The van der Waals surface area contributed by atoms with Gasteiger partial charge in [0, 0.05) is 42.7 Å². The Kier molecular flexibility index (Phi) is 8.10. The van der Waals surface area contributed by atoms with E-state index in [1.807, 2.05) is 4.90 Å². The van der Waals surface area contributed by atoms with Crippen molar-refractivity contribution in [1.29, 1.82) is 0 Å². The minimum atomic E-state index is -3.83. The quantitative estimate of drug-likeness (QED) is 0.189. The number of ketones is 1. The van der Waals surface area contributed by atoms with Gasteiger partial charge in [-0.15, -0.1) is 0 Å². The fraction of sp³-hybridized carbons (Fsp3) is 0.393. The molecule has 0 radical (unpaired) electrons. The monoisotopic (exact) mass is 615 g/mol. The van der Waals surface area contributed by atoms with Gasteiger partial charge < -0.3 is 9.64 Å². The third kappa shape index (κ3) is 6.32. The van der Waals surface area contributed by atoms with E-state index in [4.69, 9.17) is 16.3 Å². The summed E-state index contributed by atoms with van der Waals surface area (Å²) in [6.45, 7) is 4.49. The van der Waals surface area contributed by atoms with Gasteiger partial charge in [-0.05, 0) is 49.6 Å².